The van der Waals surface area contributed by atoms with E-state index >= 15 is 0 Å². The molecule has 1 aliphatic carbocycles. The molecule has 0 aromatic carbocycles. The molecule has 0 bridgehead atoms. The van der Waals surface area contributed by atoms with E-state index in [4.69, 9.17) is 10.8 Å². The van der Waals surface area contributed by atoms with Crippen molar-refractivity contribution < 1.29 is 5.11 Å². The second-order valence-corrected chi connectivity index (χ2v) is 2.87. The second kappa shape index (κ2) is 3.18. The third-order valence-corrected chi connectivity index (χ3v) is 2.22. The molecule has 0 aromatic rings. The molecule has 0 radical (unpaired) electrons. The Hall–Kier alpha value is -0.0800. The summed E-state index contributed by atoms with van der Waals surface area (Å²) < 4.78 is 0. The number of aliphatic hydroxyl groups is 1. The molecule has 1 saturated carbocycles. The molecule has 1 rings (SSSR count). The van der Waals surface area contributed by atoms with Crippen LogP contribution in [0.4, 0.5) is 0 Å². The highest BCUT2D eigenvalue weighted by Crippen LogP contribution is 2.25. The van der Waals surface area contributed by atoms with Gasteiger partial charge >= 0.3 is 0 Å². The number of hydrogen-bond donors (Lipinski definition) is 2. The van der Waals surface area contributed by atoms with E-state index in [0.717, 1.165) is 12.8 Å². The minimum atomic E-state index is 0.304. The van der Waals surface area contributed by atoms with Crippen molar-refractivity contribution in [2.75, 3.05) is 6.61 Å². The zero-order valence-corrected chi connectivity index (χ0v) is 5.71. The van der Waals surface area contributed by atoms with Crippen LogP contribution in [0.15, 0.2) is 0 Å². The standard InChI is InChI=1S/C7H15NO/c8-7-3-1-2-6(7)4-5-9/h6-7,9H,1-5,8H2/t6-,7-/m1/s1. The van der Waals surface area contributed by atoms with Crippen molar-refractivity contribution in [2.24, 2.45) is 11.7 Å². The lowest BCUT2D eigenvalue weighted by Gasteiger charge is -2.12. The number of nitrogens with two attached hydrogens (primary N) is 1. The molecule has 0 heterocycles. The minimum absolute atomic E-state index is 0.304. The van der Waals surface area contributed by atoms with Crippen molar-refractivity contribution in [3.05, 3.63) is 0 Å². The van der Waals surface area contributed by atoms with Crippen LogP contribution in [0.1, 0.15) is 25.7 Å². The summed E-state index contributed by atoms with van der Waals surface area (Å²) in [6, 6.07) is 0.372. The van der Waals surface area contributed by atoms with Gasteiger partial charge in [0.05, 0.1) is 0 Å². The first-order valence-corrected chi connectivity index (χ1v) is 3.71. The van der Waals surface area contributed by atoms with Crippen molar-refractivity contribution >= 4 is 0 Å². The predicted molar refractivity (Wildman–Crippen MR) is 37.0 cm³/mol. The Labute approximate surface area is 56.1 Å². The lowest BCUT2D eigenvalue weighted by molar-refractivity contribution is 0.251. The molecule has 0 aromatic heterocycles. The third-order valence-electron chi connectivity index (χ3n) is 2.22. The molecule has 9 heavy (non-hydrogen) atoms. The zero-order valence-electron chi connectivity index (χ0n) is 5.71. The fraction of sp³-hybridized carbons (Fsp3) is 1.00. The van der Waals surface area contributed by atoms with Gasteiger partial charge in [-0.15, -0.1) is 0 Å². The quantitative estimate of drug-likeness (QED) is 0.570. The minimum Gasteiger partial charge on any atom is -0.396 e. The van der Waals surface area contributed by atoms with Gasteiger partial charge in [-0.1, -0.05) is 6.42 Å². The average Bonchev–Trinajstić information content (AvgIpc) is 2.18. The molecule has 1 fully saturated rings. The summed E-state index contributed by atoms with van der Waals surface area (Å²) in [6.07, 6.45) is 4.54. The van der Waals surface area contributed by atoms with Crippen LogP contribution in [0.2, 0.25) is 0 Å². The number of hydrogen-bond acceptors (Lipinski definition) is 2. The lowest BCUT2D eigenvalue weighted by atomic mass is 10.0. The van der Waals surface area contributed by atoms with E-state index in [1.807, 2.05) is 0 Å². The molecule has 0 amide bonds. The first-order valence-electron chi connectivity index (χ1n) is 3.71. The number of aliphatic hydroxyl groups excluding tert-OH is 1. The van der Waals surface area contributed by atoms with Gasteiger partial charge in [-0.25, -0.2) is 0 Å². The van der Waals surface area contributed by atoms with Crippen LogP contribution < -0.4 is 5.73 Å². The molecule has 1 aliphatic rings. The summed E-state index contributed by atoms with van der Waals surface area (Å²) >= 11 is 0. The van der Waals surface area contributed by atoms with Gasteiger partial charge in [0.1, 0.15) is 0 Å². The second-order valence-electron chi connectivity index (χ2n) is 2.87. The van der Waals surface area contributed by atoms with Gasteiger partial charge in [0, 0.05) is 12.6 Å². The van der Waals surface area contributed by atoms with Crippen molar-refractivity contribution in [1.29, 1.82) is 0 Å². The highest BCUT2D eigenvalue weighted by Gasteiger charge is 2.22. The molecule has 0 saturated heterocycles. The maximum absolute atomic E-state index is 8.59. The molecule has 0 unspecified atom stereocenters. The highest BCUT2D eigenvalue weighted by atomic mass is 16.3. The van der Waals surface area contributed by atoms with Crippen molar-refractivity contribution in [2.45, 2.75) is 31.7 Å². The van der Waals surface area contributed by atoms with Crippen molar-refractivity contribution in [3.8, 4) is 0 Å². The van der Waals surface area contributed by atoms with E-state index in [-0.39, 0.29) is 0 Å². The normalized spacial score (nSPS) is 35.3. The predicted octanol–water partition coefficient (Wildman–Crippen LogP) is 0.496. The Morgan fingerprint density at radius 1 is 1.44 bits per heavy atom. The molecule has 0 spiro atoms. The summed E-state index contributed by atoms with van der Waals surface area (Å²) in [5, 5.41) is 8.59. The largest absolute Gasteiger partial charge is 0.396 e. The van der Waals surface area contributed by atoms with E-state index in [9.17, 15) is 0 Å². The monoisotopic (exact) mass is 129 g/mol. The van der Waals surface area contributed by atoms with Crippen LogP contribution in [0.3, 0.4) is 0 Å². The van der Waals surface area contributed by atoms with Gasteiger partial charge in [0.25, 0.3) is 0 Å². The number of rotatable bonds is 2. The Balaban J connectivity index is 2.22. The van der Waals surface area contributed by atoms with Gasteiger partial charge in [0.15, 0.2) is 0 Å². The molecule has 2 atom stereocenters. The van der Waals surface area contributed by atoms with Crippen molar-refractivity contribution in [1.82, 2.24) is 0 Å². The Bertz CT molecular complexity index is 85.0. The Morgan fingerprint density at radius 3 is 2.67 bits per heavy atom. The zero-order chi connectivity index (χ0) is 6.69. The van der Waals surface area contributed by atoms with Gasteiger partial charge in [-0.05, 0) is 25.2 Å². The van der Waals surface area contributed by atoms with E-state index in [0.29, 0.717) is 18.6 Å². The van der Waals surface area contributed by atoms with Crippen molar-refractivity contribution in [3.63, 3.8) is 0 Å². The van der Waals surface area contributed by atoms with E-state index in [2.05, 4.69) is 0 Å². The van der Waals surface area contributed by atoms with E-state index < -0.39 is 0 Å². The average molecular weight is 129 g/mol. The van der Waals surface area contributed by atoms with E-state index in [1.54, 1.807) is 0 Å². The van der Waals surface area contributed by atoms with Crippen LogP contribution in [-0.4, -0.2) is 17.8 Å². The summed E-state index contributed by atoms with van der Waals surface area (Å²) in [7, 11) is 0. The molecule has 54 valence electrons. The van der Waals surface area contributed by atoms with Gasteiger partial charge in [-0.2, -0.15) is 0 Å². The molecular formula is C7H15NO. The Morgan fingerprint density at radius 2 is 2.22 bits per heavy atom. The SMILES string of the molecule is N[C@@H]1CCC[C@@H]1CCO. The summed E-state index contributed by atoms with van der Waals surface area (Å²) in [4.78, 5) is 0. The summed E-state index contributed by atoms with van der Waals surface area (Å²) in [5.74, 6) is 0.606. The van der Waals surface area contributed by atoms with Gasteiger partial charge < -0.3 is 10.8 Å². The van der Waals surface area contributed by atoms with Crippen LogP contribution in [0.5, 0.6) is 0 Å². The van der Waals surface area contributed by atoms with Crippen LogP contribution in [0.25, 0.3) is 0 Å². The molecule has 2 nitrogen and oxygen atoms in total. The molecule has 0 aliphatic heterocycles. The molecule has 2 heteroatoms. The molecule has 3 N–H and O–H groups in total. The molecular weight excluding hydrogens is 114 g/mol. The maximum Gasteiger partial charge on any atom is 0.0434 e. The Kier molecular flexibility index (Phi) is 2.49. The first kappa shape index (κ1) is 7.03. The topological polar surface area (TPSA) is 46.2 Å². The fourth-order valence-corrected chi connectivity index (χ4v) is 1.59. The van der Waals surface area contributed by atoms with Crippen LogP contribution >= 0.6 is 0 Å². The highest BCUT2D eigenvalue weighted by molar-refractivity contribution is 4.79. The summed E-state index contributed by atoms with van der Waals surface area (Å²) in [5.41, 5.74) is 5.75. The van der Waals surface area contributed by atoms with Crippen LogP contribution in [-0.2, 0) is 0 Å². The van der Waals surface area contributed by atoms with Gasteiger partial charge in [0.2, 0.25) is 0 Å². The van der Waals surface area contributed by atoms with Crippen LogP contribution in [0, 0.1) is 5.92 Å². The first-order chi connectivity index (χ1) is 4.34. The summed E-state index contributed by atoms with van der Waals surface area (Å²) in [6.45, 7) is 0.304. The third kappa shape index (κ3) is 1.66. The lowest BCUT2D eigenvalue weighted by Crippen LogP contribution is -2.24. The smallest absolute Gasteiger partial charge is 0.0434 e. The van der Waals surface area contributed by atoms with E-state index in [1.165, 1.54) is 12.8 Å². The maximum atomic E-state index is 8.59. The fourth-order valence-electron chi connectivity index (χ4n) is 1.59. The van der Waals surface area contributed by atoms with Gasteiger partial charge in [-0.3, -0.25) is 0 Å².